The molecular weight excluding hydrogens is 482 g/mol. The first kappa shape index (κ1) is 23.9. The van der Waals surface area contributed by atoms with Gasteiger partial charge in [-0.3, -0.25) is 9.69 Å². The molecule has 0 amide bonds. The summed E-state index contributed by atoms with van der Waals surface area (Å²) in [6.45, 7) is 3.53. The van der Waals surface area contributed by atoms with E-state index in [1.165, 1.54) is 12.7 Å². The summed E-state index contributed by atoms with van der Waals surface area (Å²) in [5, 5.41) is 1.14. The third-order valence-electron chi connectivity index (χ3n) is 6.15. The molecule has 5 rings (SSSR count). The first-order chi connectivity index (χ1) is 17.4. The van der Waals surface area contributed by atoms with Crippen molar-refractivity contribution in [3.05, 3.63) is 98.4 Å². The average molecular weight is 506 g/mol. The zero-order chi connectivity index (χ0) is 25.2. The lowest BCUT2D eigenvalue weighted by atomic mass is 10.1. The fourth-order valence-electron chi connectivity index (χ4n) is 4.20. The zero-order valence-electron chi connectivity index (χ0n) is 19.9. The van der Waals surface area contributed by atoms with Crippen LogP contribution in [-0.2, 0) is 17.7 Å². The molecule has 0 unspecified atom stereocenters. The number of carbonyl (C=O) groups is 1. The van der Waals surface area contributed by atoms with Gasteiger partial charge in [-0.05, 0) is 67.4 Å². The van der Waals surface area contributed by atoms with Gasteiger partial charge in [-0.15, -0.1) is 0 Å². The van der Waals surface area contributed by atoms with Gasteiger partial charge >= 0.3 is 5.97 Å². The smallest absolute Gasteiger partial charge is 0.337 e. The van der Waals surface area contributed by atoms with Gasteiger partial charge in [0.05, 0.1) is 23.6 Å². The summed E-state index contributed by atoms with van der Waals surface area (Å²) in [5.41, 5.74) is 2.64. The summed E-state index contributed by atoms with van der Waals surface area (Å²) >= 11 is 5.99. The summed E-state index contributed by atoms with van der Waals surface area (Å²) in [5.74, 6) is 1.13. The second-order valence-corrected chi connectivity index (χ2v) is 8.99. The molecule has 1 aliphatic heterocycles. The minimum absolute atomic E-state index is 0.101. The Hall–Kier alpha value is -3.81. The van der Waals surface area contributed by atoms with E-state index in [-0.39, 0.29) is 11.2 Å². The van der Waals surface area contributed by atoms with Crippen molar-refractivity contribution in [1.82, 2.24) is 4.90 Å². The number of rotatable bonds is 6. The lowest BCUT2D eigenvalue weighted by Crippen LogP contribution is -2.33. The van der Waals surface area contributed by atoms with Crippen molar-refractivity contribution in [1.29, 1.82) is 0 Å². The molecule has 0 saturated heterocycles. The maximum Gasteiger partial charge on any atom is 0.337 e. The Balaban J connectivity index is 1.39. The minimum Gasteiger partial charge on any atom is -0.478 e. The van der Waals surface area contributed by atoms with Crippen molar-refractivity contribution in [3.8, 4) is 17.2 Å². The molecule has 0 atom stereocenters. The Morgan fingerprint density at radius 3 is 2.53 bits per heavy atom. The van der Waals surface area contributed by atoms with Crippen molar-refractivity contribution in [2.75, 3.05) is 20.4 Å². The lowest BCUT2D eigenvalue weighted by molar-refractivity contribution is 0.0600. The fourth-order valence-corrected chi connectivity index (χ4v) is 4.32. The molecule has 0 N–H and O–H groups in total. The van der Waals surface area contributed by atoms with Gasteiger partial charge in [0.2, 0.25) is 11.2 Å². The SMILES string of the molecule is COC(=O)c1ccc(Oc2c(C)oc3c4c(ccc3c2=O)OCN(CCc2ccc(Cl)cc2)C4)cc1. The number of fused-ring (bicyclic) bond motifs is 3. The molecular formula is C28H24ClNO6. The van der Waals surface area contributed by atoms with E-state index < -0.39 is 5.97 Å². The minimum atomic E-state index is -0.447. The van der Waals surface area contributed by atoms with Crippen LogP contribution >= 0.6 is 11.6 Å². The molecule has 36 heavy (non-hydrogen) atoms. The molecule has 0 fully saturated rings. The molecule has 0 spiro atoms. The van der Waals surface area contributed by atoms with Gasteiger partial charge in [0, 0.05) is 18.1 Å². The Labute approximate surface area is 212 Å². The summed E-state index contributed by atoms with van der Waals surface area (Å²) < 4.78 is 22.7. The highest BCUT2D eigenvalue weighted by Gasteiger charge is 2.24. The van der Waals surface area contributed by atoms with E-state index in [0.717, 1.165) is 18.5 Å². The van der Waals surface area contributed by atoms with Crippen LogP contribution in [0, 0.1) is 6.92 Å². The van der Waals surface area contributed by atoms with Crippen LogP contribution in [0.3, 0.4) is 0 Å². The van der Waals surface area contributed by atoms with Crippen molar-refractivity contribution < 1.29 is 23.4 Å². The number of halogens is 1. The molecule has 1 aliphatic rings. The third kappa shape index (κ3) is 4.80. The normalized spacial score (nSPS) is 13.2. The summed E-state index contributed by atoms with van der Waals surface area (Å²) in [6.07, 6.45) is 0.844. The van der Waals surface area contributed by atoms with Gasteiger partial charge in [-0.25, -0.2) is 4.79 Å². The van der Waals surface area contributed by atoms with Crippen molar-refractivity contribution >= 4 is 28.5 Å². The van der Waals surface area contributed by atoms with Crippen LogP contribution in [-0.4, -0.2) is 31.3 Å². The molecule has 0 saturated carbocycles. The second-order valence-electron chi connectivity index (χ2n) is 8.56. The number of carbonyl (C=O) groups excluding carboxylic acids is 1. The molecule has 0 aliphatic carbocycles. The van der Waals surface area contributed by atoms with Gasteiger partial charge in [0.1, 0.15) is 29.6 Å². The highest BCUT2D eigenvalue weighted by atomic mass is 35.5. The second kappa shape index (κ2) is 10.0. The number of ether oxygens (including phenoxy) is 3. The zero-order valence-corrected chi connectivity index (χ0v) is 20.6. The van der Waals surface area contributed by atoms with Crippen molar-refractivity contribution in [3.63, 3.8) is 0 Å². The van der Waals surface area contributed by atoms with Crippen LogP contribution in [0.5, 0.6) is 17.2 Å². The van der Waals surface area contributed by atoms with Gasteiger partial charge < -0.3 is 18.6 Å². The Morgan fingerprint density at radius 2 is 1.81 bits per heavy atom. The van der Waals surface area contributed by atoms with Crippen LogP contribution in [0.1, 0.15) is 27.2 Å². The van der Waals surface area contributed by atoms with Crippen LogP contribution in [0.4, 0.5) is 0 Å². The summed E-state index contributed by atoms with van der Waals surface area (Å²) in [4.78, 5) is 27.2. The average Bonchev–Trinajstić information content (AvgIpc) is 2.90. The van der Waals surface area contributed by atoms with E-state index in [0.29, 0.717) is 52.1 Å². The number of hydrogen-bond acceptors (Lipinski definition) is 7. The van der Waals surface area contributed by atoms with Gasteiger partial charge in [-0.2, -0.15) is 0 Å². The molecule has 0 radical (unpaired) electrons. The first-order valence-corrected chi connectivity index (χ1v) is 11.9. The molecule has 7 nitrogen and oxygen atoms in total. The molecule has 3 aromatic carbocycles. The monoisotopic (exact) mass is 505 g/mol. The van der Waals surface area contributed by atoms with Crippen LogP contribution in [0.2, 0.25) is 5.02 Å². The van der Waals surface area contributed by atoms with Crippen LogP contribution in [0.25, 0.3) is 11.0 Å². The van der Waals surface area contributed by atoms with Gasteiger partial charge in [0.15, 0.2) is 0 Å². The maximum atomic E-state index is 13.4. The van der Waals surface area contributed by atoms with Gasteiger partial charge in [0.25, 0.3) is 0 Å². The van der Waals surface area contributed by atoms with Crippen LogP contribution < -0.4 is 14.9 Å². The number of benzene rings is 3. The maximum absolute atomic E-state index is 13.4. The van der Waals surface area contributed by atoms with Crippen LogP contribution in [0.15, 0.2) is 69.9 Å². The van der Waals surface area contributed by atoms with E-state index in [1.807, 2.05) is 24.3 Å². The molecule has 8 heteroatoms. The number of nitrogens with zero attached hydrogens (tertiary/aromatic N) is 1. The van der Waals surface area contributed by atoms with E-state index in [9.17, 15) is 9.59 Å². The number of aryl methyl sites for hydroxylation is 1. The topological polar surface area (TPSA) is 78.2 Å². The largest absolute Gasteiger partial charge is 0.478 e. The molecule has 0 bridgehead atoms. The standard InChI is InChI=1S/C28H24ClNO6/c1-17-26(36-21-9-5-19(6-10-21)28(32)33-2)25(31)22-11-12-24-23(27(22)35-17)15-30(16-34-24)14-13-18-3-7-20(29)8-4-18/h3-12H,13-16H2,1-2H3. The quantitative estimate of drug-likeness (QED) is 0.310. The Morgan fingerprint density at radius 1 is 1.06 bits per heavy atom. The van der Waals surface area contributed by atoms with Gasteiger partial charge in [-0.1, -0.05) is 23.7 Å². The van der Waals surface area contributed by atoms with Crippen molar-refractivity contribution in [2.45, 2.75) is 19.9 Å². The van der Waals surface area contributed by atoms with Crippen molar-refractivity contribution in [2.24, 2.45) is 0 Å². The van der Waals surface area contributed by atoms with E-state index >= 15 is 0 Å². The molecule has 4 aromatic rings. The summed E-state index contributed by atoms with van der Waals surface area (Å²) in [7, 11) is 1.32. The third-order valence-corrected chi connectivity index (χ3v) is 6.40. The molecule has 1 aromatic heterocycles. The molecule has 2 heterocycles. The predicted molar refractivity (Wildman–Crippen MR) is 136 cm³/mol. The Kier molecular flexibility index (Phi) is 6.67. The number of methoxy groups -OCH3 is 1. The highest BCUT2D eigenvalue weighted by molar-refractivity contribution is 6.30. The van der Waals surface area contributed by atoms with E-state index in [4.69, 9.17) is 30.2 Å². The molecule has 184 valence electrons. The Bertz CT molecular complexity index is 1480. The lowest BCUT2D eigenvalue weighted by Gasteiger charge is -2.29. The highest BCUT2D eigenvalue weighted by Crippen LogP contribution is 2.34. The first-order valence-electron chi connectivity index (χ1n) is 11.5. The number of hydrogen-bond donors (Lipinski definition) is 0. The fraction of sp³-hybridized carbons (Fsp3) is 0.214. The van der Waals surface area contributed by atoms with E-state index in [2.05, 4.69) is 4.90 Å². The van der Waals surface area contributed by atoms with E-state index in [1.54, 1.807) is 43.3 Å². The predicted octanol–water partition coefficient (Wildman–Crippen LogP) is 5.73. The summed E-state index contributed by atoms with van der Waals surface area (Å²) in [6, 6.07) is 17.7. The number of esters is 1.